The number of rotatable bonds is 4. The Bertz CT molecular complexity index is 2810. The third kappa shape index (κ3) is 4.87. The Balaban J connectivity index is 1.19. The van der Waals surface area contributed by atoms with E-state index in [1.165, 1.54) is 65.4 Å². The first-order valence-electron chi connectivity index (χ1n) is 17.7. The predicted octanol–water partition coefficient (Wildman–Crippen LogP) is 10.9. The van der Waals surface area contributed by atoms with E-state index in [0.717, 1.165) is 59.0 Å². The number of pyridine rings is 2. The summed E-state index contributed by atoms with van der Waals surface area (Å²) in [5.74, 6) is 0. The van der Waals surface area contributed by atoms with Crippen molar-refractivity contribution in [2.45, 2.75) is 25.7 Å². The lowest BCUT2D eigenvalue weighted by molar-refractivity contribution is 0.986. The van der Waals surface area contributed by atoms with Crippen molar-refractivity contribution in [2.24, 2.45) is 0 Å². The van der Waals surface area contributed by atoms with E-state index in [9.17, 15) is 0 Å². The van der Waals surface area contributed by atoms with E-state index in [0.29, 0.717) is 0 Å². The molecule has 0 saturated heterocycles. The van der Waals surface area contributed by atoms with Crippen LogP contribution in [0.1, 0.15) is 30.4 Å². The molecule has 236 valence electrons. The second-order valence-corrected chi connectivity index (χ2v) is 13.6. The third-order valence-electron chi connectivity index (χ3n) is 10.6. The summed E-state index contributed by atoms with van der Waals surface area (Å²) in [4.78, 5) is 9.62. The summed E-state index contributed by atoms with van der Waals surface area (Å²) in [6.45, 7) is 0. The largest absolute Gasteiger partial charge is 0.256 e. The molecule has 10 rings (SSSR count). The molecule has 0 N–H and O–H groups in total. The monoisotopic (exact) mass is 638 g/mol. The summed E-state index contributed by atoms with van der Waals surface area (Å²) in [5, 5.41) is 8.92. The molecule has 0 amide bonds. The summed E-state index contributed by atoms with van der Waals surface area (Å²) in [6, 6.07) is 44.5. The van der Waals surface area contributed by atoms with Crippen molar-refractivity contribution in [3.05, 3.63) is 161 Å². The van der Waals surface area contributed by atoms with Crippen molar-refractivity contribution in [1.82, 2.24) is 9.97 Å². The maximum absolute atomic E-state index is 4.95. The highest BCUT2D eigenvalue weighted by atomic mass is 14.7. The molecule has 50 heavy (non-hydrogen) atoms. The van der Waals surface area contributed by atoms with Gasteiger partial charge in [0.15, 0.2) is 0 Å². The van der Waals surface area contributed by atoms with Crippen LogP contribution in [0.2, 0.25) is 0 Å². The van der Waals surface area contributed by atoms with Gasteiger partial charge >= 0.3 is 0 Å². The fourth-order valence-electron chi connectivity index (χ4n) is 8.09. The minimum absolute atomic E-state index is 0.924. The summed E-state index contributed by atoms with van der Waals surface area (Å²) in [7, 11) is 0. The molecule has 2 heterocycles. The standard InChI is InChI=1S/C48H34N2/c1-3-11-33-25-37(19-17-31(33)9-1)47-41-14-6-7-15-42(41)48(38-20-18-32-10-2-4-12-34(32)26-38)44-28-35(21-23-43(44)47)39-22-24-46(49-29-39)40-27-36-13-5-8-16-45(36)50-30-40/h1-2,4-5,8-10,12-30H,3,6-7,11H2. The molecule has 0 fully saturated rings. The molecule has 2 heteroatoms. The van der Waals surface area contributed by atoms with Gasteiger partial charge in [0.25, 0.3) is 0 Å². The molecule has 0 aliphatic heterocycles. The highest BCUT2D eigenvalue weighted by molar-refractivity contribution is 6.08. The Kier molecular flexibility index (Phi) is 6.80. The highest BCUT2D eigenvalue weighted by Gasteiger charge is 2.18. The first kappa shape index (κ1) is 28.9. The predicted molar refractivity (Wildman–Crippen MR) is 211 cm³/mol. The number of hydrogen-bond acceptors (Lipinski definition) is 2. The molecule has 2 aliphatic carbocycles. The summed E-state index contributed by atoms with van der Waals surface area (Å²) in [6.07, 6.45) is 17.8. The van der Waals surface area contributed by atoms with Gasteiger partial charge < -0.3 is 0 Å². The zero-order valence-electron chi connectivity index (χ0n) is 27.7. The summed E-state index contributed by atoms with van der Waals surface area (Å²) < 4.78 is 0. The van der Waals surface area contributed by atoms with Crippen molar-refractivity contribution >= 4 is 50.7 Å². The van der Waals surface area contributed by atoms with E-state index in [-0.39, 0.29) is 0 Å². The minimum Gasteiger partial charge on any atom is -0.256 e. The van der Waals surface area contributed by atoms with Crippen molar-refractivity contribution in [3.8, 4) is 44.6 Å². The second-order valence-electron chi connectivity index (χ2n) is 13.6. The molecule has 0 atom stereocenters. The van der Waals surface area contributed by atoms with Gasteiger partial charge in [0.05, 0.1) is 11.2 Å². The lowest BCUT2D eigenvalue weighted by Crippen LogP contribution is -2.31. The normalized spacial score (nSPS) is 13.5. The van der Waals surface area contributed by atoms with Gasteiger partial charge in [0.2, 0.25) is 0 Å². The van der Waals surface area contributed by atoms with E-state index in [2.05, 4.69) is 138 Å². The van der Waals surface area contributed by atoms with Crippen LogP contribution in [0, 0.1) is 0 Å². The Morgan fingerprint density at radius 3 is 2.02 bits per heavy atom. The van der Waals surface area contributed by atoms with E-state index in [1.54, 1.807) is 0 Å². The van der Waals surface area contributed by atoms with Crippen LogP contribution in [0.25, 0.3) is 95.3 Å². The number of nitrogens with zero attached hydrogens (tertiary/aromatic N) is 2. The smallest absolute Gasteiger partial charge is 0.0718 e. The molecule has 0 radical (unpaired) electrons. The molecule has 0 unspecified atom stereocenters. The van der Waals surface area contributed by atoms with Crippen LogP contribution >= 0.6 is 0 Å². The number of allylic oxidation sites excluding steroid dienone is 1. The van der Waals surface area contributed by atoms with Crippen LogP contribution < -0.4 is 10.4 Å². The van der Waals surface area contributed by atoms with Crippen molar-refractivity contribution in [3.63, 3.8) is 0 Å². The zero-order chi connectivity index (χ0) is 33.0. The molecule has 2 aromatic heterocycles. The van der Waals surface area contributed by atoms with Gasteiger partial charge in [-0.2, -0.15) is 0 Å². The number of aromatic nitrogens is 2. The van der Waals surface area contributed by atoms with Gasteiger partial charge in [-0.1, -0.05) is 115 Å². The topological polar surface area (TPSA) is 25.8 Å². The van der Waals surface area contributed by atoms with E-state index >= 15 is 0 Å². The molecular weight excluding hydrogens is 605 g/mol. The molecule has 8 aromatic rings. The Labute approximate surface area is 291 Å². The first-order valence-corrected chi connectivity index (χ1v) is 17.7. The SMILES string of the molecule is C1=Cc2ccc(-c3c4c(c(-c5ccc6ccccc6c5)c5cc(-c6ccc(-c7cnc8ccccc8c7)nc6)ccc35)=CCCC=4)cc2CC1. The molecule has 2 aliphatic rings. The fraction of sp³-hybridized carbons (Fsp3) is 0.0833. The van der Waals surface area contributed by atoms with Crippen LogP contribution in [0.5, 0.6) is 0 Å². The molecule has 0 saturated carbocycles. The summed E-state index contributed by atoms with van der Waals surface area (Å²) in [5.41, 5.74) is 13.2. The average molecular weight is 639 g/mol. The lowest BCUT2D eigenvalue weighted by Gasteiger charge is -2.20. The van der Waals surface area contributed by atoms with Gasteiger partial charge in [0, 0.05) is 28.9 Å². The third-order valence-corrected chi connectivity index (χ3v) is 10.6. The molecule has 0 bridgehead atoms. The van der Waals surface area contributed by atoms with Gasteiger partial charge in [-0.15, -0.1) is 0 Å². The van der Waals surface area contributed by atoms with Crippen LogP contribution in [0.15, 0.2) is 140 Å². The number of benzene rings is 6. The Morgan fingerprint density at radius 1 is 0.460 bits per heavy atom. The van der Waals surface area contributed by atoms with Crippen LogP contribution in [0.3, 0.4) is 0 Å². The number of aryl methyl sites for hydroxylation is 1. The summed E-state index contributed by atoms with van der Waals surface area (Å²) >= 11 is 0. The molecule has 0 spiro atoms. The zero-order valence-corrected chi connectivity index (χ0v) is 27.7. The van der Waals surface area contributed by atoms with Crippen molar-refractivity contribution < 1.29 is 0 Å². The maximum atomic E-state index is 4.95. The number of para-hydroxylation sites is 1. The van der Waals surface area contributed by atoms with Gasteiger partial charge in [-0.25, -0.2) is 0 Å². The van der Waals surface area contributed by atoms with Crippen molar-refractivity contribution in [2.75, 3.05) is 0 Å². The van der Waals surface area contributed by atoms with Gasteiger partial charge in [-0.3, -0.25) is 9.97 Å². The van der Waals surface area contributed by atoms with Crippen LogP contribution in [-0.4, -0.2) is 9.97 Å². The first-order chi connectivity index (χ1) is 24.8. The van der Waals surface area contributed by atoms with Crippen molar-refractivity contribution in [1.29, 1.82) is 0 Å². The van der Waals surface area contributed by atoms with Crippen LogP contribution in [0.4, 0.5) is 0 Å². The van der Waals surface area contributed by atoms with Gasteiger partial charge in [0.1, 0.15) is 0 Å². The second kappa shape index (κ2) is 11.8. The van der Waals surface area contributed by atoms with E-state index < -0.39 is 0 Å². The van der Waals surface area contributed by atoms with Gasteiger partial charge in [-0.05, 0) is 127 Å². The molecule has 2 nitrogen and oxygen atoms in total. The quantitative estimate of drug-likeness (QED) is 0.192. The van der Waals surface area contributed by atoms with E-state index in [1.807, 2.05) is 24.5 Å². The Hall–Kier alpha value is -6.12. The molecular formula is C48H34N2. The minimum atomic E-state index is 0.924. The maximum Gasteiger partial charge on any atom is 0.0718 e. The average Bonchev–Trinajstić information content (AvgIpc) is 3.19. The van der Waals surface area contributed by atoms with E-state index in [4.69, 9.17) is 4.98 Å². The Morgan fingerprint density at radius 2 is 1.16 bits per heavy atom. The molecule has 6 aromatic carbocycles. The number of hydrogen-bond donors (Lipinski definition) is 0. The lowest BCUT2D eigenvalue weighted by atomic mass is 9.84. The fourth-order valence-corrected chi connectivity index (χ4v) is 8.09. The number of fused-ring (bicyclic) bond motifs is 5. The highest BCUT2D eigenvalue weighted by Crippen LogP contribution is 2.37. The van der Waals surface area contributed by atoms with Crippen LogP contribution in [-0.2, 0) is 6.42 Å².